The highest BCUT2D eigenvalue weighted by Gasteiger charge is 2.18. The van der Waals surface area contributed by atoms with E-state index in [4.69, 9.17) is 0 Å². The molecule has 0 aromatic carbocycles. The minimum atomic E-state index is 0.302. The van der Waals surface area contributed by atoms with Gasteiger partial charge in [0.2, 0.25) is 0 Å². The zero-order chi connectivity index (χ0) is 13.0. The predicted octanol–water partition coefficient (Wildman–Crippen LogP) is 3.23. The monoisotopic (exact) mass is 228 g/mol. The van der Waals surface area contributed by atoms with Gasteiger partial charge in [-0.15, -0.1) is 0 Å². The van der Waals surface area contributed by atoms with Crippen molar-refractivity contribution >= 4 is 0 Å². The largest absolute Gasteiger partial charge is 0.302 e. The molecule has 2 heteroatoms. The van der Waals surface area contributed by atoms with Gasteiger partial charge < -0.3 is 9.80 Å². The zero-order valence-corrected chi connectivity index (χ0v) is 12.7. The van der Waals surface area contributed by atoms with E-state index < -0.39 is 0 Å². The second-order valence-corrected chi connectivity index (χ2v) is 6.89. The molecule has 0 heterocycles. The fourth-order valence-corrected chi connectivity index (χ4v) is 1.37. The SMILES string of the molecule is CN(CCCCN(C)C(C)(C)C)C(C)(C)C. The van der Waals surface area contributed by atoms with Gasteiger partial charge in [-0.3, -0.25) is 0 Å². The number of unbranched alkanes of at least 4 members (excludes halogenated alkanes) is 1. The first-order valence-corrected chi connectivity index (χ1v) is 6.47. The lowest BCUT2D eigenvalue weighted by Gasteiger charge is -2.33. The van der Waals surface area contributed by atoms with Crippen molar-refractivity contribution in [2.45, 2.75) is 65.5 Å². The van der Waals surface area contributed by atoms with Gasteiger partial charge in [0.25, 0.3) is 0 Å². The van der Waals surface area contributed by atoms with E-state index >= 15 is 0 Å². The average molecular weight is 228 g/mol. The molecule has 0 amide bonds. The third kappa shape index (κ3) is 6.49. The van der Waals surface area contributed by atoms with Gasteiger partial charge in [-0.2, -0.15) is 0 Å². The van der Waals surface area contributed by atoms with Crippen molar-refractivity contribution in [2.75, 3.05) is 27.2 Å². The van der Waals surface area contributed by atoms with Gasteiger partial charge in [-0.1, -0.05) is 0 Å². The number of hydrogen-bond acceptors (Lipinski definition) is 2. The lowest BCUT2D eigenvalue weighted by Crippen LogP contribution is -2.40. The number of rotatable bonds is 5. The predicted molar refractivity (Wildman–Crippen MR) is 74.0 cm³/mol. The van der Waals surface area contributed by atoms with Crippen LogP contribution in [0.15, 0.2) is 0 Å². The molecule has 0 atom stereocenters. The number of hydrogen-bond donors (Lipinski definition) is 0. The molecule has 2 nitrogen and oxygen atoms in total. The van der Waals surface area contributed by atoms with E-state index in [9.17, 15) is 0 Å². The van der Waals surface area contributed by atoms with E-state index in [1.807, 2.05) is 0 Å². The average Bonchev–Trinajstić information content (AvgIpc) is 2.08. The summed E-state index contributed by atoms with van der Waals surface area (Å²) in [5.41, 5.74) is 0.603. The van der Waals surface area contributed by atoms with Crippen molar-refractivity contribution in [3.05, 3.63) is 0 Å². The van der Waals surface area contributed by atoms with Gasteiger partial charge in [0.15, 0.2) is 0 Å². The maximum absolute atomic E-state index is 2.43. The quantitative estimate of drug-likeness (QED) is 0.667. The normalized spacial score (nSPS) is 13.9. The molecule has 0 aromatic rings. The molecule has 0 aliphatic heterocycles. The highest BCUT2D eigenvalue weighted by molar-refractivity contribution is 4.74. The summed E-state index contributed by atoms with van der Waals surface area (Å²) in [6.45, 7) is 16.0. The number of nitrogens with zero attached hydrogens (tertiary/aromatic N) is 2. The molecule has 0 saturated heterocycles. The summed E-state index contributed by atoms with van der Waals surface area (Å²) in [5.74, 6) is 0. The molecule has 16 heavy (non-hydrogen) atoms. The smallest absolute Gasteiger partial charge is 0.0122 e. The third-order valence-corrected chi connectivity index (χ3v) is 3.53. The summed E-state index contributed by atoms with van der Waals surface area (Å²) >= 11 is 0. The van der Waals surface area contributed by atoms with Crippen LogP contribution in [0.25, 0.3) is 0 Å². The van der Waals surface area contributed by atoms with Gasteiger partial charge in [0, 0.05) is 11.1 Å². The molecule has 0 N–H and O–H groups in total. The van der Waals surface area contributed by atoms with E-state index in [1.165, 1.54) is 25.9 Å². The van der Waals surface area contributed by atoms with Crippen LogP contribution in [0.4, 0.5) is 0 Å². The van der Waals surface area contributed by atoms with Crippen LogP contribution in [0.5, 0.6) is 0 Å². The van der Waals surface area contributed by atoms with Crippen molar-refractivity contribution in [1.29, 1.82) is 0 Å². The molecule has 0 aliphatic rings. The molecule has 0 rings (SSSR count). The van der Waals surface area contributed by atoms with Gasteiger partial charge >= 0.3 is 0 Å². The summed E-state index contributed by atoms with van der Waals surface area (Å²) in [6.07, 6.45) is 2.57. The highest BCUT2D eigenvalue weighted by Crippen LogP contribution is 2.13. The van der Waals surface area contributed by atoms with Crippen molar-refractivity contribution in [2.24, 2.45) is 0 Å². The molecule has 0 spiro atoms. The zero-order valence-electron chi connectivity index (χ0n) is 12.7. The molecule has 0 bridgehead atoms. The van der Waals surface area contributed by atoms with Crippen LogP contribution in [0.1, 0.15) is 54.4 Å². The Balaban J connectivity index is 3.70. The lowest BCUT2D eigenvalue weighted by molar-refractivity contribution is 0.152. The molecule has 0 aromatic heterocycles. The lowest BCUT2D eigenvalue weighted by atomic mass is 10.1. The van der Waals surface area contributed by atoms with Crippen molar-refractivity contribution in [1.82, 2.24) is 9.80 Å². The maximum Gasteiger partial charge on any atom is 0.0122 e. The fraction of sp³-hybridized carbons (Fsp3) is 1.00. The first kappa shape index (κ1) is 15.9. The van der Waals surface area contributed by atoms with Crippen LogP contribution in [-0.2, 0) is 0 Å². The minimum absolute atomic E-state index is 0.302. The summed E-state index contributed by atoms with van der Waals surface area (Å²) in [7, 11) is 4.43. The van der Waals surface area contributed by atoms with Gasteiger partial charge in [0.1, 0.15) is 0 Å². The van der Waals surface area contributed by atoms with Crippen molar-refractivity contribution in [3.63, 3.8) is 0 Å². The van der Waals surface area contributed by atoms with Crippen molar-refractivity contribution < 1.29 is 0 Å². The Hall–Kier alpha value is -0.0800. The van der Waals surface area contributed by atoms with Gasteiger partial charge in [0.05, 0.1) is 0 Å². The van der Waals surface area contributed by atoms with Crippen LogP contribution in [-0.4, -0.2) is 48.1 Å². The highest BCUT2D eigenvalue weighted by atomic mass is 15.2. The molecule has 98 valence electrons. The van der Waals surface area contributed by atoms with E-state index in [-0.39, 0.29) is 0 Å². The van der Waals surface area contributed by atoms with Crippen molar-refractivity contribution in [3.8, 4) is 0 Å². The summed E-state index contributed by atoms with van der Waals surface area (Å²) < 4.78 is 0. The standard InChI is InChI=1S/C14H32N2/c1-13(2,3)15(7)11-9-10-12-16(8)14(4,5)6/h9-12H2,1-8H3. The Morgan fingerprint density at radius 3 is 1.06 bits per heavy atom. The molecule has 0 radical (unpaired) electrons. The topological polar surface area (TPSA) is 6.48 Å². The molecule has 0 unspecified atom stereocenters. The molecular weight excluding hydrogens is 196 g/mol. The van der Waals surface area contributed by atoms with E-state index in [2.05, 4.69) is 65.4 Å². The van der Waals surface area contributed by atoms with Crippen LogP contribution in [0.3, 0.4) is 0 Å². The Bertz CT molecular complexity index is 164. The Morgan fingerprint density at radius 2 is 0.875 bits per heavy atom. The van der Waals surface area contributed by atoms with Crippen LogP contribution < -0.4 is 0 Å². The summed E-state index contributed by atoms with van der Waals surface area (Å²) in [5, 5.41) is 0. The van der Waals surface area contributed by atoms with Gasteiger partial charge in [-0.05, 0) is 81.6 Å². The minimum Gasteiger partial charge on any atom is -0.302 e. The van der Waals surface area contributed by atoms with Crippen LogP contribution in [0, 0.1) is 0 Å². The summed E-state index contributed by atoms with van der Waals surface area (Å²) in [4.78, 5) is 4.87. The fourth-order valence-electron chi connectivity index (χ4n) is 1.37. The first-order valence-electron chi connectivity index (χ1n) is 6.47. The van der Waals surface area contributed by atoms with E-state index in [0.29, 0.717) is 11.1 Å². The Morgan fingerprint density at radius 1 is 0.625 bits per heavy atom. The summed E-state index contributed by atoms with van der Waals surface area (Å²) in [6, 6.07) is 0. The van der Waals surface area contributed by atoms with E-state index in [1.54, 1.807) is 0 Å². The Labute approximate surface area is 103 Å². The molecule has 0 fully saturated rings. The second kappa shape index (κ2) is 6.02. The van der Waals surface area contributed by atoms with Gasteiger partial charge in [-0.25, -0.2) is 0 Å². The van der Waals surface area contributed by atoms with E-state index in [0.717, 1.165) is 0 Å². The van der Waals surface area contributed by atoms with Crippen LogP contribution >= 0.6 is 0 Å². The van der Waals surface area contributed by atoms with Crippen LogP contribution in [0.2, 0.25) is 0 Å². The Kier molecular flexibility index (Phi) is 5.99. The second-order valence-electron chi connectivity index (χ2n) is 6.89. The molecule has 0 aliphatic carbocycles. The molecule has 0 saturated carbocycles. The molecular formula is C14H32N2. The maximum atomic E-state index is 2.43. The third-order valence-electron chi connectivity index (χ3n) is 3.53. The first-order chi connectivity index (χ1) is 7.05.